The SMILES string of the molecule is O=C1NC(=S)N(c2ccc(Cl)cc2Cl)C(=O)/C1=C/c1cc(I)c(O)cc1O. The second-order valence-corrected chi connectivity index (χ2v) is 7.81. The molecule has 2 aromatic carbocycles. The van der Waals surface area contributed by atoms with Crippen molar-refractivity contribution in [1.82, 2.24) is 5.32 Å². The zero-order valence-electron chi connectivity index (χ0n) is 13.2. The topological polar surface area (TPSA) is 89.9 Å². The van der Waals surface area contributed by atoms with Crippen LogP contribution in [0.25, 0.3) is 6.08 Å². The summed E-state index contributed by atoms with van der Waals surface area (Å²) in [6.45, 7) is 0. The third-order valence-corrected chi connectivity index (χ3v) is 5.33. The van der Waals surface area contributed by atoms with Gasteiger partial charge in [-0.3, -0.25) is 19.8 Å². The van der Waals surface area contributed by atoms with Crippen molar-refractivity contribution in [2.45, 2.75) is 0 Å². The molecule has 1 aliphatic rings. The van der Waals surface area contributed by atoms with Crippen molar-refractivity contribution in [3.05, 3.63) is 55.1 Å². The highest BCUT2D eigenvalue weighted by Crippen LogP contribution is 2.33. The number of phenols is 2. The number of phenolic OH excluding ortho intramolecular Hbond substituents is 2. The van der Waals surface area contributed by atoms with Crippen molar-refractivity contribution >= 4 is 86.7 Å². The average molecular weight is 535 g/mol. The van der Waals surface area contributed by atoms with Gasteiger partial charge in [-0.2, -0.15) is 0 Å². The van der Waals surface area contributed by atoms with Crippen LogP contribution in [0.3, 0.4) is 0 Å². The van der Waals surface area contributed by atoms with Gasteiger partial charge in [-0.15, -0.1) is 0 Å². The van der Waals surface area contributed by atoms with E-state index in [9.17, 15) is 19.8 Å². The smallest absolute Gasteiger partial charge is 0.270 e. The summed E-state index contributed by atoms with van der Waals surface area (Å²) in [6.07, 6.45) is 1.22. The van der Waals surface area contributed by atoms with Gasteiger partial charge in [-0.05, 0) is 65.2 Å². The van der Waals surface area contributed by atoms with E-state index in [0.717, 1.165) is 11.0 Å². The van der Waals surface area contributed by atoms with Crippen molar-refractivity contribution < 1.29 is 19.8 Å². The molecule has 3 N–H and O–H groups in total. The first-order chi connectivity index (χ1) is 12.7. The molecule has 0 bridgehead atoms. The molecule has 138 valence electrons. The van der Waals surface area contributed by atoms with Crippen LogP contribution in [0.1, 0.15) is 5.56 Å². The molecule has 1 fully saturated rings. The lowest BCUT2D eigenvalue weighted by molar-refractivity contribution is -0.122. The van der Waals surface area contributed by atoms with Gasteiger partial charge in [0.25, 0.3) is 11.8 Å². The molecule has 1 heterocycles. The summed E-state index contributed by atoms with van der Waals surface area (Å²) in [5.41, 5.74) is 0.184. The van der Waals surface area contributed by atoms with Crippen LogP contribution in [-0.4, -0.2) is 27.1 Å². The fourth-order valence-corrected chi connectivity index (χ4v) is 3.63. The maximum absolute atomic E-state index is 12.9. The summed E-state index contributed by atoms with van der Waals surface area (Å²) in [5.74, 6) is -1.83. The average Bonchev–Trinajstić information content (AvgIpc) is 2.57. The first kappa shape index (κ1) is 19.9. The lowest BCUT2D eigenvalue weighted by Gasteiger charge is -2.29. The fourth-order valence-electron chi connectivity index (χ4n) is 2.38. The molecule has 0 radical (unpaired) electrons. The molecular weight excluding hydrogens is 526 g/mol. The van der Waals surface area contributed by atoms with Gasteiger partial charge in [0.15, 0.2) is 5.11 Å². The van der Waals surface area contributed by atoms with Gasteiger partial charge < -0.3 is 10.2 Å². The molecule has 2 amide bonds. The summed E-state index contributed by atoms with van der Waals surface area (Å²) in [4.78, 5) is 26.3. The number of carbonyl (C=O) groups excluding carboxylic acids is 2. The van der Waals surface area contributed by atoms with Gasteiger partial charge in [-0.25, -0.2) is 0 Å². The minimum atomic E-state index is -0.714. The number of nitrogens with zero attached hydrogens (tertiary/aromatic N) is 1. The Balaban J connectivity index is 2.09. The summed E-state index contributed by atoms with van der Waals surface area (Å²) in [5, 5.41) is 22.5. The first-order valence-corrected chi connectivity index (χ1v) is 9.51. The highest BCUT2D eigenvalue weighted by molar-refractivity contribution is 14.1. The molecule has 1 saturated heterocycles. The van der Waals surface area contributed by atoms with E-state index in [4.69, 9.17) is 35.4 Å². The summed E-state index contributed by atoms with van der Waals surface area (Å²) >= 11 is 19.0. The lowest BCUT2D eigenvalue weighted by Crippen LogP contribution is -2.54. The Kier molecular flexibility index (Phi) is 5.61. The van der Waals surface area contributed by atoms with Gasteiger partial charge in [0.05, 0.1) is 14.3 Å². The quantitative estimate of drug-likeness (QED) is 0.236. The molecule has 0 unspecified atom stereocenters. The zero-order chi connectivity index (χ0) is 19.9. The van der Waals surface area contributed by atoms with E-state index in [-0.39, 0.29) is 38.5 Å². The van der Waals surface area contributed by atoms with Crippen LogP contribution in [0.5, 0.6) is 11.5 Å². The summed E-state index contributed by atoms with van der Waals surface area (Å²) < 4.78 is 0.439. The Bertz CT molecular complexity index is 1040. The second kappa shape index (κ2) is 7.63. The molecule has 0 saturated carbocycles. The minimum absolute atomic E-state index is 0.120. The largest absolute Gasteiger partial charge is 0.507 e. The van der Waals surface area contributed by atoms with Crippen LogP contribution in [-0.2, 0) is 9.59 Å². The number of benzene rings is 2. The number of halogens is 3. The second-order valence-electron chi connectivity index (χ2n) is 5.42. The Morgan fingerprint density at radius 2 is 1.81 bits per heavy atom. The van der Waals surface area contributed by atoms with Gasteiger partial charge in [0.2, 0.25) is 0 Å². The summed E-state index contributed by atoms with van der Waals surface area (Å²) in [6, 6.07) is 7.04. The van der Waals surface area contributed by atoms with E-state index in [1.165, 1.54) is 30.3 Å². The van der Waals surface area contributed by atoms with Gasteiger partial charge in [0, 0.05) is 16.7 Å². The monoisotopic (exact) mass is 534 g/mol. The molecule has 27 heavy (non-hydrogen) atoms. The number of nitrogens with one attached hydrogen (secondary N) is 1. The molecule has 2 aromatic rings. The zero-order valence-corrected chi connectivity index (χ0v) is 17.7. The van der Waals surface area contributed by atoms with Gasteiger partial charge >= 0.3 is 0 Å². The van der Waals surface area contributed by atoms with Crippen molar-refractivity contribution in [1.29, 1.82) is 0 Å². The molecule has 3 rings (SSSR count). The maximum atomic E-state index is 12.9. The Hall–Kier alpha value is -1.88. The van der Waals surface area contributed by atoms with Crippen LogP contribution in [0.4, 0.5) is 5.69 Å². The van der Waals surface area contributed by atoms with Crippen molar-refractivity contribution in [3.8, 4) is 11.5 Å². The predicted molar refractivity (Wildman–Crippen MR) is 115 cm³/mol. The molecule has 0 aliphatic carbocycles. The van der Waals surface area contributed by atoms with E-state index in [0.29, 0.717) is 8.59 Å². The number of thiocarbonyl (C=S) groups is 1. The van der Waals surface area contributed by atoms with E-state index in [2.05, 4.69) is 5.32 Å². The molecular formula is C17H9Cl2IN2O4S. The van der Waals surface area contributed by atoms with Gasteiger partial charge in [0.1, 0.15) is 17.1 Å². The normalized spacial score (nSPS) is 16.0. The molecule has 0 atom stereocenters. The fraction of sp³-hybridized carbons (Fsp3) is 0. The van der Waals surface area contributed by atoms with Gasteiger partial charge in [-0.1, -0.05) is 23.2 Å². The van der Waals surface area contributed by atoms with Crippen LogP contribution in [0, 0.1) is 3.57 Å². The number of carbonyl (C=O) groups is 2. The highest BCUT2D eigenvalue weighted by Gasteiger charge is 2.35. The third-order valence-electron chi connectivity index (χ3n) is 3.65. The molecule has 1 aliphatic heterocycles. The van der Waals surface area contributed by atoms with E-state index in [1.54, 1.807) is 0 Å². The Morgan fingerprint density at radius 1 is 1.11 bits per heavy atom. The van der Waals surface area contributed by atoms with Crippen LogP contribution < -0.4 is 10.2 Å². The van der Waals surface area contributed by atoms with Crippen molar-refractivity contribution in [2.75, 3.05) is 4.90 Å². The first-order valence-electron chi connectivity index (χ1n) is 7.27. The molecule has 0 aromatic heterocycles. The minimum Gasteiger partial charge on any atom is -0.507 e. The standard InChI is InChI=1S/C17H9Cl2IN2O4S/c18-8-1-2-12(10(19)5-8)22-16(26)9(15(25)21-17(22)27)3-7-4-11(20)14(24)6-13(7)23/h1-6,23-24H,(H,21,25,27)/b9-3+. The van der Waals surface area contributed by atoms with Crippen molar-refractivity contribution in [3.63, 3.8) is 0 Å². The van der Waals surface area contributed by atoms with Crippen LogP contribution in [0.2, 0.25) is 10.0 Å². The predicted octanol–water partition coefficient (Wildman–Crippen LogP) is 3.84. The number of hydrogen-bond acceptors (Lipinski definition) is 5. The number of rotatable bonds is 2. The van der Waals surface area contributed by atoms with Crippen molar-refractivity contribution in [2.24, 2.45) is 0 Å². The molecule has 6 nitrogen and oxygen atoms in total. The third kappa shape index (κ3) is 3.88. The number of hydrogen-bond donors (Lipinski definition) is 3. The van der Waals surface area contributed by atoms with E-state index < -0.39 is 11.8 Å². The Labute approximate surface area is 182 Å². The number of aromatic hydroxyl groups is 2. The number of anilines is 1. The summed E-state index contributed by atoms with van der Waals surface area (Å²) in [7, 11) is 0. The Morgan fingerprint density at radius 3 is 2.48 bits per heavy atom. The lowest BCUT2D eigenvalue weighted by atomic mass is 10.1. The number of amides is 2. The van der Waals surface area contributed by atoms with E-state index >= 15 is 0 Å². The van der Waals surface area contributed by atoms with Crippen LogP contribution >= 0.6 is 58.0 Å². The van der Waals surface area contributed by atoms with Crippen LogP contribution in [0.15, 0.2) is 35.9 Å². The highest BCUT2D eigenvalue weighted by atomic mass is 127. The maximum Gasteiger partial charge on any atom is 0.270 e. The molecule has 10 heteroatoms. The molecule has 0 spiro atoms. The van der Waals surface area contributed by atoms with E-state index in [1.807, 2.05) is 22.6 Å².